The average molecular weight is 289 g/mol. The first-order chi connectivity index (χ1) is 8.53. The Morgan fingerprint density at radius 2 is 2.00 bits per heavy atom. The molecule has 0 radical (unpaired) electrons. The Balaban J connectivity index is 3.35. The fourth-order valence-electron chi connectivity index (χ4n) is 1.59. The smallest absolute Gasteiger partial charge is 0.225 e. The second-order valence-electron chi connectivity index (χ2n) is 3.55. The molecule has 0 aliphatic rings. The van der Waals surface area contributed by atoms with Crippen LogP contribution in [-0.2, 0) is 4.79 Å². The number of anilines is 2. The number of hydrogen-bond acceptors (Lipinski definition) is 5. The third kappa shape index (κ3) is 3.49. The topological polar surface area (TPSA) is 58.1 Å². The second kappa shape index (κ2) is 6.80. The summed E-state index contributed by atoms with van der Waals surface area (Å²) < 4.78 is 0. The van der Waals surface area contributed by atoms with Crippen LogP contribution in [0.2, 0.25) is 5.28 Å². The number of nitrogens with one attached hydrogen (secondary N) is 1. The molecule has 0 aliphatic heterocycles. The molecule has 0 aliphatic carbocycles. The van der Waals surface area contributed by atoms with Crippen LogP contribution in [0.5, 0.6) is 0 Å². The molecule has 0 bridgehead atoms. The van der Waals surface area contributed by atoms with Gasteiger partial charge in [0.05, 0.1) is 0 Å². The lowest BCUT2D eigenvalue weighted by atomic mass is 10.4. The minimum absolute atomic E-state index is 0.148. The largest absolute Gasteiger partial charge is 0.355 e. The maximum atomic E-state index is 11.3. The second-order valence-corrected chi connectivity index (χ2v) is 4.69. The molecular weight excluding hydrogens is 272 g/mol. The molecular formula is C11H17ClN4OS. The number of carbonyl (C=O) groups is 1. The van der Waals surface area contributed by atoms with Gasteiger partial charge in [0.2, 0.25) is 11.2 Å². The van der Waals surface area contributed by atoms with Crippen LogP contribution in [0.25, 0.3) is 0 Å². The molecule has 0 spiro atoms. The molecule has 100 valence electrons. The first-order valence-corrected chi connectivity index (χ1v) is 7.27. The molecule has 0 saturated heterocycles. The average Bonchev–Trinajstić information content (AvgIpc) is 2.32. The van der Waals surface area contributed by atoms with Crippen molar-refractivity contribution < 1.29 is 4.79 Å². The molecule has 0 aromatic carbocycles. The SMILES string of the molecule is CCN(CC)c1nc(Cl)nc(SC)c1NC(C)=O. The normalized spacial score (nSPS) is 10.3. The van der Waals surface area contributed by atoms with Gasteiger partial charge in [0, 0.05) is 20.0 Å². The van der Waals surface area contributed by atoms with E-state index in [0.29, 0.717) is 16.5 Å². The van der Waals surface area contributed by atoms with E-state index in [2.05, 4.69) is 15.3 Å². The zero-order chi connectivity index (χ0) is 13.7. The van der Waals surface area contributed by atoms with Crippen LogP contribution in [-0.4, -0.2) is 35.2 Å². The highest BCUT2D eigenvalue weighted by Gasteiger charge is 2.18. The molecule has 1 amide bonds. The zero-order valence-corrected chi connectivity index (χ0v) is 12.5. The Morgan fingerprint density at radius 3 is 2.44 bits per heavy atom. The maximum absolute atomic E-state index is 11.3. The molecule has 0 unspecified atom stereocenters. The van der Waals surface area contributed by atoms with Gasteiger partial charge in [-0.2, -0.15) is 4.98 Å². The lowest BCUT2D eigenvalue weighted by Gasteiger charge is -2.23. The van der Waals surface area contributed by atoms with E-state index >= 15 is 0 Å². The molecule has 18 heavy (non-hydrogen) atoms. The Labute approximate surface area is 116 Å². The number of nitrogens with zero attached hydrogens (tertiary/aromatic N) is 3. The molecule has 0 fully saturated rings. The van der Waals surface area contributed by atoms with Gasteiger partial charge in [0.1, 0.15) is 10.7 Å². The summed E-state index contributed by atoms with van der Waals surface area (Å²) in [6.45, 7) is 7.07. The van der Waals surface area contributed by atoms with E-state index in [0.717, 1.165) is 13.1 Å². The predicted octanol–water partition coefficient (Wildman–Crippen LogP) is 2.66. The summed E-state index contributed by atoms with van der Waals surface area (Å²) in [5.74, 6) is 0.518. The van der Waals surface area contributed by atoms with Crippen LogP contribution < -0.4 is 10.2 Å². The van der Waals surface area contributed by atoms with E-state index in [4.69, 9.17) is 11.6 Å². The Morgan fingerprint density at radius 1 is 1.39 bits per heavy atom. The fourth-order valence-corrected chi connectivity index (χ4v) is 2.33. The predicted molar refractivity (Wildman–Crippen MR) is 76.7 cm³/mol. The van der Waals surface area contributed by atoms with Gasteiger partial charge in [0.15, 0.2) is 5.82 Å². The van der Waals surface area contributed by atoms with Gasteiger partial charge in [-0.1, -0.05) is 0 Å². The molecule has 1 rings (SSSR count). The summed E-state index contributed by atoms with van der Waals surface area (Å²) in [7, 11) is 0. The Bertz CT molecular complexity index is 437. The van der Waals surface area contributed by atoms with Crippen molar-refractivity contribution in [2.75, 3.05) is 29.6 Å². The number of thioether (sulfide) groups is 1. The van der Waals surface area contributed by atoms with Gasteiger partial charge in [-0.3, -0.25) is 4.79 Å². The van der Waals surface area contributed by atoms with E-state index < -0.39 is 0 Å². The number of carbonyl (C=O) groups excluding carboxylic acids is 1. The molecule has 5 nitrogen and oxygen atoms in total. The van der Waals surface area contributed by atoms with Crippen LogP contribution in [0.3, 0.4) is 0 Å². The van der Waals surface area contributed by atoms with Gasteiger partial charge in [-0.25, -0.2) is 4.98 Å². The van der Waals surface area contributed by atoms with Crippen LogP contribution in [0.4, 0.5) is 11.5 Å². The van der Waals surface area contributed by atoms with Crippen molar-refractivity contribution >= 4 is 40.8 Å². The molecule has 0 saturated carbocycles. The highest BCUT2D eigenvalue weighted by molar-refractivity contribution is 7.98. The lowest BCUT2D eigenvalue weighted by Crippen LogP contribution is -2.25. The zero-order valence-electron chi connectivity index (χ0n) is 11.0. The monoisotopic (exact) mass is 288 g/mol. The van der Waals surface area contributed by atoms with Crippen LogP contribution in [0.1, 0.15) is 20.8 Å². The third-order valence-corrected chi connectivity index (χ3v) is 3.24. The summed E-state index contributed by atoms with van der Waals surface area (Å²) in [5, 5.41) is 3.65. The van der Waals surface area contributed by atoms with Gasteiger partial charge in [-0.15, -0.1) is 11.8 Å². The first kappa shape index (κ1) is 15.0. The van der Waals surface area contributed by atoms with Gasteiger partial charge < -0.3 is 10.2 Å². The van der Waals surface area contributed by atoms with E-state index in [-0.39, 0.29) is 11.2 Å². The minimum Gasteiger partial charge on any atom is -0.355 e. The van der Waals surface area contributed by atoms with Crippen LogP contribution in [0, 0.1) is 0 Å². The number of halogens is 1. The van der Waals surface area contributed by atoms with Crippen molar-refractivity contribution in [3.63, 3.8) is 0 Å². The summed E-state index contributed by atoms with van der Waals surface area (Å²) in [4.78, 5) is 21.7. The van der Waals surface area contributed by atoms with Crippen molar-refractivity contribution in [1.82, 2.24) is 9.97 Å². The number of aromatic nitrogens is 2. The van der Waals surface area contributed by atoms with Gasteiger partial charge >= 0.3 is 0 Å². The fraction of sp³-hybridized carbons (Fsp3) is 0.545. The lowest BCUT2D eigenvalue weighted by molar-refractivity contribution is -0.114. The maximum Gasteiger partial charge on any atom is 0.225 e. The minimum atomic E-state index is -0.148. The summed E-state index contributed by atoms with van der Waals surface area (Å²) in [5.41, 5.74) is 0.628. The van der Waals surface area contributed by atoms with Gasteiger partial charge in [-0.05, 0) is 31.7 Å². The first-order valence-electron chi connectivity index (χ1n) is 5.67. The van der Waals surface area contributed by atoms with E-state index in [9.17, 15) is 4.79 Å². The highest BCUT2D eigenvalue weighted by Crippen LogP contribution is 2.33. The Hall–Kier alpha value is -1.01. The summed E-state index contributed by atoms with van der Waals surface area (Å²) >= 11 is 7.35. The highest BCUT2D eigenvalue weighted by atomic mass is 35.5. The van der Waals surface area contributed by atoms with Crippen molar-refractivity contribution in [1.29, 1.82) is 0 Å². The Kier molecular flexibility index (Phi) is 5.68. The molecule has 7 heteroatoms. The quantitative estimate of drug-likeness (QED) is 0.513. The van der Waals surface area contributed by atoms with Crippen molar-refractivity contribution in [3.8, 4) is 0 Å². The van der Waals surface area contributed by atoms with Crippen molar-refractivity contribution in [3.05, 3.63) is 5.28 Å². The van der Waals surface area contributed by atoms with E-state index in [1.54, 1.807) is 0 Å². The summed E-state index contributed by atoms with van der Waals surface area (Å²) in [6, 6.07) is 0. The molecule has 1 aromatic heterocycles. The van der Waals surface area contributed by atoms with Crippen LogP contribution in [0.15, 0.2) is 5.03 Å². The number of hydrogen-bond donors (Lipinski definition) is 1. The van der Waals surface area contributed by atoms with Gasteiger partial charge in [0.25, 0.3) is 0 Å². The standard InChI is InChI=1S/C11H17ClN4OS/c1-5-16(6-2)9-8(13-7(3)17)10(18-4)15-11(12)14-9/h5-6H2,1-4H3,(H,13,17). The number of rotatable bonds is 5. The van der Waals surface area contributed by atoms with E-state index in [1.165, 1.54) is 18.7 Å². The van der Waals surface area contributed by atoms with Crippen molar-refractivity contribution in [2.45, 2.75) is 25.8 Å². The molecule has 1 N–H and O–H groups in total. The van der Waals surface area contributed by atoms with Crippen molar-refractivity contribution in [2.24, 2.45) is 0 Å². The summed E-state index contributed by atoms with van der Waals surface area (Å²) in [6.07, 6.45) is 1.88. The van der Waals surface area contributed by atoms with E-state index in [1.807, 2.05) is 25.0 Å². The third-order valence-electron chi connectivity index (χ3n) is 2.39. The molecule has 1 aromatic rings. The van der Waals surface area contributed by atoms with Crippen LogP contribution >= 0.6 is 23.4 Å². The molecule has 0 atom stereocenters. The molecule has 1 heterocycles. The number of amides is 1.